The van der Waals surface area contributed by atoms with Crippen molar-refractivity contribution in [1.82, 2.24) is 0 Å². The van der Waals surface area contributed by atoms with E-state index in [0.717, 1.165) is 122 Å². The first-order chi connectivity index (χ1) is 37.5. The highest BCUT2D eigenvalue weighted by molar-refractivity contribution is 5.71. The zero-order valence-corrected chi connectivity index (χ0v) is 49.5. The third-order valence-corrected chi connectivity index (χ3v) is 13.2. The van der Waals surface area contributed by atoms with Crippen molar-refractivity contribution >= 4 is 17.9 Å². The molecule has 0 spiro atoms. The van der Waals surface area contributed by atoms with E-state index in [1.807, 2.05) is 0 Å². The molecular weight excluding hydrogens is 937 g/mol. The van der Waals surface area contributed by atoms with E-state index in [1.54, 1.807) is 0 Å². The molecule has 76 heavy (non-hydrogen) atoms. The van der Waals surface area contributed by atoms with Crippen LogP contribution in [-0.4, -0.2) is 37.2 Å². The molecular formula is C70H116O6. The Bertz CT molecular complexity index is 1590. The van der Waals surface area contributed by atoms with Gasteiger partial charge in [0.05, 0.1) is 0 Å². The van der Waals surface area contributed by atoms with Crippen LogP contribution in [0.4, 0.5) is 0 Å². The number of ether oxygens (including phenoxy) is 3. The van der Waals surface area contributed by atoms with Crippen molar-refractivity contribution in [3.05, 3.63) is 122 Å². The molecule has 0 amide bonds. The van der Waals surface area contributed by atoms with Crippen LogP contribution in [-0.2, 0) is 28.6 Å². The molecule has 0 aromatic heterocycles. The molecule has 6 heteroatoms. The lowest BCUT2D eigenvalue weighted by atomic mass is 10.1. The Labute approximate surface area is 469 Å². The van der Waals surface area contributed by atoms with E-state index in [0.29, 0.717) is 19.3 Å². The maximum atomic E-state index is 12.9. The Morgan fingerprint density at radius 3 is 0.829 bits per heavy atom. The van der Waals surface area contributed by atoms with Crippen LogP contribution in [0.5, 0.6) is 0 Å². The molecule has 0 saturated heterocycles. The van der Waals surface area contributed by atoms with E-state index in [1.165, 1.54) is 122 Å². The Balaban J connectivity index is 4.31. The zero-order chi connectivity index (χ0) is 55.0. The maximum absolute atomic E-state index is 12.9. The van der Waals surface area contributed by atoms with Gasteiger partial charge >= 0.3 is 17.9 Å². The van der Waals surface area contributed by atoms with Crippen LogP contribution in [0, 0.1) is 0 Å². The molecule has 0 aromatic rings. The second-order valence-electron chi connectivity index (χ2n) is 20.6. The van der Waals surface area contributed by atoms with Gasteiger partial charge in [0.15, 0.2) is 6.10 Å². The Morgan fingerprint density at radius 2 is 0.513 bits per heavy atom. The van der Waals surface area contributed by atoms with Gasteiger partial charge in [0.25, 0.3) is 0 Å². The molecule has 0 aliphatic heterocycles. The van der Waals surface area contributed by atoms with Gasteiger partial charge < -0.3 is 14.2 Å². The normalized spacial score (nSPS) is 12.9. The van der Waals surface area contributed by atoms with Gasteiger partial charge in [-0.2, -0.15) is 0 Å². The molecule has 0 bridgehead atoms. The van der Waals surface area contributed by atoms with E-state index in [2.05, 4.69) is 142 Å². The van der Waals surface area contributed by atoms with Crippen molar-refractivity contribution < 1.29 is 28.6 Å². The first-order valence-electron chi connectivity index (χ1n) is 31.5. The fraction of sp³-hybridized carbons (Fsp3) is 0.671. The summed E-state index contributed by atoms with van der Waals surface area (Å²) in [5, 5.41) is 0. The van der Waals surface area contributed by atoms with Crippen molar-refractivity contribution in [1.29, 1.82) is 0 Å². The van der Waals surface area contributed by atoms with Crippen LogP contribution in [0.2, 0.25) is 0 Å². The summed E-state index contributed by atoms with van der Waals surface area (Å²) in [6.07, 6.45) is 87.8. The number of hydrogen-bond donors (Lipinski definition) is 0. The van der Waals surface area contributed by atoms with Crippen LogP contribution in [0.15, 0.2) is 122 Å². The van der Waals surface area contributed by atoms with Gasteiger partial charge in [-0.15, -0.1) is 0 Å². The summed E-state index contributed by atoms with van der Waals surface area (Å²) in [5.74, 6) is -0.929. The van der Waals surface area contributed by atoms with E-state index >= 15 is 0 Å². The van der Waals surface area contributed by atoms with E-state index in [4.69, 9.17) is 14.2 Å². The minimum Gasteiger partial charge on any atom is -0.462 e. The standard InChI is InChI=1S/C70H116O6/c1-4-7-10-13-16-19-21-23-25-27-29-30-31-32-33-34-35-36-37-38-39-40-41-43-44-46-48-51-54-57-60-63-69(72)75-66-67(65-74-68(71)62-59-56-53-50-18-15-12-9-6-3)76-70(73)64-61-58-55-52-49-47-45-42-28-26-24-22-20-17-14-11-8-5-2/h7,10,16,19,23,25-26,28-30,32-33,35-36,38-39,41,43,46,48,67H,4-6,8-9,11-15,17-18,20-22,24,27,31,34,37,40,42,44-45,47,49-66H2,1-3H3/b10-7-,19-16-,25-23-,28-26-,30-29-,33-32-,36-35-,39-38-,43-41-,48-46-. The number of allylic oxidation sites excluding steroid dienone is 20. The molecule has 1 atom stereocenters. The quantitative estimate of drug-likeness (QED) is 0.0261. The average molecular weight is 1050 g/mol. The van der Waals surface area contributed by atoms with E-state index < -0.39 is 6.10 Å². The molecule has 1 unspecified atom stereocenters. The summed E-state index contributed by atoms with van der Waals surface area (Å²) in [4.78, 5) is 38.1. The fourth-order valence-electron chi connectivity index (χ4n) is 8.49. The third kappa shape index (κ3) is 60.7. The Morgan fingerprint density at radius 1 is 0.276 bits per heavy atom. The van der Waals surface area contributed by atoms with Crippen LogP contribution >= 0.6 is 0 Å². The molecule has 0 N–H and O–H groups in total. The molecule has 0 heterocycles. The van der Waals surface area contributed by atoms with Gasteiger partial charge in [0.1, 0.15) is 13.2 Å². The molecule has 0 aliphatic carbocycles. The van der Waals surface area contributed by atoms with Crippen molar-refractivity contribution in [3.63, 3.8) is 0 Å². The SMILES string of the molecule is CC/C=C\C/C=C\C/C=C\C/C=C\C/C=C\C/C=C\C/C=C\C/C=C\C/C=C\CCCCCC(=O)OCC(COC(=O)CCCCCCCCCCC)OC(=O)CCCCCCCCC/C=C\CCCCCCCCC. The van der Waals surface area contributed by atoms with Crippen molar-refractivity contribution in [2.75, 3.05) is 13.2 Å². The second kappa shape index (κ2) is 63.3. The molecule has 0 fully saturated rings. The molecule has 0 aromatic carbocycles. The minimum atomic E-state index is -0.795. The summed E-state index contributed by atoms with van der Waals surface area (Å²) in [6, 6.07) is 0. The highest BCUT2D eigenvalue weighted by Gasteiger charge is 2.19. The lowest BCUT2D eigenvalue weighted by Crippen LogP contribution is -2.30. The zero-order valence-electron chi connectivity index (χ0n) is 49.5. The highest BCUT2D eigenvalue weighted by Crippen LogP contribution is 2.15. The predicted molar refractivity (Wildman–Crippen MR) is 330 cm³/mol. The molecule has 6 nitrogen and oxygen atoms in total. The average Bonchev–Trinajstić information content (AvgIpc) is 3.42. The Kier molecular flexibility index (Phi) is 59.9. The van der Waals surface area contributed by atoms with Gasteiger partial charge in [0.2, 0.25) is 0 Å². The van der Waals surface area contributed by atoms with Crippen molar-refractivity contribution in [2.45, 2.75) is 290 Å². The van der Waals surface area contributed by atoms with Crippen LogP contribution in [0.1, 0.15) is 284 Å². The number of rotatable bonds is 56. The third-order valence-electron chi connectivity index (χ3n) is 13.2. The number of carbonyl (C=O) groups is 3. The van der Waals surface area contributed by atoms with Crippen LogP contribution in [0.25, 0.3) is 0 Å². The first kappa shape index (κ1) is 71.8. The molecule has 0 aliphatic rings. The van der Waals surface area contributed by atoms with E-state index in [9.17, 15) is 14.4 Å². The first-order valence-corrected chi connectivity index (χ1v) is 31.5. The van der Waals surface area contributed by atoms with E-state index in [-0.39, 0.29) is 31.1 Å². The number of unbranched alkanes of at least 4 members (excludes halogenated alkanes) is 25. The van der Waals surface area contributed by atoms with Gasteiger partial charge in [-0.25, -0.2) is 0 Å². The number of carbonyl (C=O) groups excluding carboxylic acids is 3. The lowest BCUT2D eigenvalue weighted by molar-refractivity contribution is -0.167. The maximum Gasteiger partial charge on any atom is 0.306 e. The largest absolute Gasteiger partial charge is 0.462 e. The summed E-state index contributed by atoms with van der Waals surface area (Å²) in [7, 11) is 0. The van der Waals surface area contributed by atoms with Gasteiger partial charge in [-0.05, 0) is 116 Å². The Hall–Kier alpha value is -4.19. The summed E-state index contributed by atoms with van der Waals surface area (Å²) < 4.78 is 16.8. The predicted octanol–water partition coefficient (Wildman–Crippen LogP) is 21.6. The lowest BCUT2D eigenvalue weighted by Gasteiger charge is -2.18. The van der Waals surface area contributed by atoms with Gasteiger partial charge in [-0.1, -0.05) is 271 Å². The molecule has 0 rings (SSSR count). The fourth-order valence-corrected chi connectivity index (χ4v) is 8.49. The summed E-state index contributed by atoms with van der Waals surface area (Å²) in [6.45, 7) is 6.48. The van der Waals surface area contributed by atoms with Crippen molar-refractivity contribution in [2.24, 2.45) is 0 Å². The topological polar surface area (TPSA) is 78.9 Å². The molecule has 0 saturated carbocycles. The molecule has 432 valence electrons. The second-order valence-corrected chi connectivity index (χ2v) is 20.6. The molecule has 0 radical (unpaired) electrons. The summed E-state index contributed by atoms with van der Waals surface area (Å²) in [5.41, 5.74) is 0. The van der Waals surface area contributed by atoms with Crippen LogP contribution < -0.4 is 0 Å². The minimum absolute atomic E-state index is 0.0904. The highest BCUT2D eigenvalue weighted by atomic mass is 16.6. The number of hydrogen-bond acceptors (Lipinski definition) is 6. The monoisotopic (exact) mass is 1050 g/mol. The van der Waals surface area contributed by atoms with Gasteiger partial charge in [0, 0.05) is 19.3 Å². The van der Waals surface area contributed by atoms with Gasteiger partial charge in [-0.3, -0.25) is 14.4 Å². The smallest absolute Gasteiger partial charge is 0.306 e. The number of esters is 3. The van der Waals surface area contributed by atoms with Crippen LogP contribution in [0.3, 0.4) is 0 Å². The van der Waals surface area contributed by atoms with Crippen molar-refractivity contribution in [3.8, 4) is 0 Å². The summed E-state index contributed by atoms with van der Waals surface area (Å²) >= 11 is 0.